The molecule has 1 unspecified atom stereocenters. The van der Waals surface area contributed by atoms with E-state index >= 15 is 0 Å². The highest BCUT2D eigenvalue weighted by molar-refractivity contribution is 6.04. The molecule has 0 saturated carbocycles. The number of hydrogen-bond acceptors (Lipinski definition) is 6. The number of ketones is 1. The molecule has 2 aliphatic rings. The van der Waals surface area contributed by atoms with Gasteiger partial charge in [0.05, 0.1) is 12.6 Å². The lowest BCUT2D eigenvalue weighted by atomic mass is 9.68. The van der Waals surface area contributed by atoms with Gasteiger partial charge in [-0.3, -0.25) is 14.6 Å². The van der Waals surface area contributed by atoms with Crippen molar-refractivity contribution in [3.63, 3.8) is 0 Å². The first-order chi connectivity index (χ1) is 15.8. The van der Waals surface area contributed by atoms with Crippen LogP contribution in [0.15, 0.2) is 59.9 Å². The third kappa shape index (κ3) is 3.65. The number of Topliss-reactive ketones (excluding diaryl/α,β-unsaturated/α-hetero) is 1. The van der Waals surface area contributed by atoms with E-state index in [1.807, 2.05) is 36.4 Å². The average molecular weight is 443 g/mol. The highest BCUT2D eigenvalue weighted by atomic mass is 16.6. The van der Waals surface area contributed by atoms with Crippen LogP contribution in [0.4, 0.5) is 5.69 Å². The zero-order valence-corrected chi connectivity index (χ0v) is 19.2. The molecule has 1 aliphatic carbocycles. The Balaban J connectivity index is 1.77. The second-order valence-corrected chi connectivity index (χ2v) is 9.49. The van der Waals surface area contributed by atoms with Crippen molar-refractivity contribution in [1.82, 2.24) is 4.98 Å². The van der Waals surface area contributed by atoms with Gasteiger partial charge in [-0.2, -0.15) is 0 Å². The highest BCUT2D eigenvalue weighted by Gasteiger charge is 2.41. The number of carbonyl (C=O) groups excluding carboxylic acids is 2. The number of rotatable bonds is 3. The lowest BCUT2D eigenvalue weighted by Crippen LogP contribution is -2.34. The molecule has 1 aromatic heterocycles. The molecule has 2 heterocycles. The van der Waals surface area contributed by atoms with Gasteiger partial charge < -0.3 is 14.8 Å². The minimum atomic E-state index is -0.417. The summed E-state index contributed by atoms with van der Waals surface area (Å²) in [7, 11) is 1.54. The van der Waals surface area contributed by atoms with E-state index in [1.165, 1.54) is 6.92 Å². The van der Waals surface area contributed by atoms with Crippen LogP contribution in [0.3, 0.4) is 0 Å². The number of aromatic nitrogens is 1. The minimum absolute atomic E-state index is 0.111. The molecular weight excluding hydrogens is 416 g/mol. The molecule has 3 aromatic rings. The predicted molar refractivity (Wildman–Crippen MR) is 127 cm³/mol. The summed E-state index contributed by atoms with van der Waals surface area (Å²) in [6.07, 6.45) is 3.05. The van der Waals surface area contributed by atoms with Crippen molar-refractivity contribution in [3.05, 3.63) is 71.1 Å². The Kier molecular flexibility index (Phi) is 4.96. The van der Waals surface area contributed by atoms with Crippen LogP contribution < -0.4 is 14.8 Å². The fourth-order valence-electron chi connectivity index (χ4n) is 5.12. The molecule has 1 atom stereocenters. The molecule has 5 rings (SSSR count). The largest absolute Gasteiger partial charge is 0.493 e. The number of benzene rings is 2. The molecule has 1 N–H and O–H groups in total. The summed E-state index contributed by atoms with van der Waals surface area (Å²) in [6.45, 7) is 5.61. The summed E-state index contributed by atoms with van der Waals surface area (Å²) >= 11 is 0. The van der Waals surface area contributed by atoms with Crippen LogP contribution in [0.25, 0.3) is 10.9 Å². The summed E-state index contributed by atoms with van der Waals surface area (Å²) < 4.78 is 10.9. The van der Waals surface area contributed by atoms with E-state index in [9.17, 15) is 9.59 Å². The van der Waals surface area contributed by atoms with Gasteiger partial charge in [0.1, 0.15) is 0 Å². The maximum Gasteiger partial charge on any atom is 0.308 e. The fraction of sp³-hybridized carbons (Fsp3) is 0.296. The van der Waals surface area contributed by atoms with Crippen molar-refractivity contribution >= 4 is 28.3 Å². The standard InChI is InChI=1S/C27H26N2O4/c1-15(30)33-22-10-7-16(12-23(22)32-4)24-25-17-6-5-11-28-18(17)8-9-19(25)29-20-13-27(2,3)14-21(31)26(20)24/h5-12,24,29H,13-14H2,1-4H3. The van der Waals surface area contributed by atoms with Crippen molar-refractivity contribution in [2.45, 2.75) is 39.5 Å². The number of carbonyl (C=O) groups is 2. The number of ether oxygens (including phenoxy) is 2. The molecule has 1 aliphatic heterocycles. The molecule has 0 fully saturated rings. The monoisotopic (exact) mass is 442 g/mol. The van der Waals surface area contributed by atoms with Crippen LogP contribution in [0.2, 0.25) is 0 Å². The summed E-state index contributed by atoms with van der Waals surface area (Å²) in [5.74, 6) is 0.251. The Labute approximate surface area is 192 Å². The van der Waals surface area contributed by atoms with Crippen LogP contribution in [0.1, 0.15) is 50.7 Å². The Hall–Kier alpha value is -3.67. The maximum atomic E-state index is 13.5. The number of pyridine rings is 1. The van der Waals surface area contributed by atoms with Gasteiger partial charge in [-0.25, -0.2) is 0 Å². The van der Waals surface area contributed by atoms with Gasteiger partial charge in [0.2, 0.25) is 0 Å². The SMILES string of the molecule is COc1cc(C2C3=C(CC(C)(C)CC3=O)Nc3ccc4ncccc4c32)ccc1OC(C)=O. The quantitative estimate of drug-likeness (QED) is 0.434. The van der Waals surface area contributed by atoms with Gasteiger partial charge in [0.25, 0.3) is 0 Å². The molecule has 0 bridgehead atoms. The third-order valence-electron chi connectivity index (χ3n) is 6.38. The summed E-state index contributed by atoms with van der Waals surface area (Å²) in [5.41, 5.74) is 5.44. The van der Waals surface area contributed by atoms with Crippen LogP contribution in [0.5, 0.6) is 11.5 Å². The molecule has 0 amide bonds. The molecule has 0 spiro atoms. The van der Waals surface area contributed by atoms with Gasteiger partial charge in [-0.1, -0.05) is 26.0 Å². The minimum Gasteiger partial charge on any atom is -0.493 e. The molecule has 6 nitrogen and oxygen atoms in total. The van der Waals surface area contributed by atoms with Gasteiger partial charge in [0.15, 0.2) is 17.3 Å². The predicted octanol–water partition coefficient (Wildman–Crippen LogP) is 5.37. The maximum absolute atomic E-state index is 13.5. The summed E-state index contributed by atoms with van der Waals surface area (Å²) in [6, 6.07) is 13.5. The smallest absolute Gasteiger partial charge is 0.308 e. The topological polar surface area (TPSA) is 77.5 Å². The zero-order valence-electron chi connectivity index (χ0n) is 19.2. The van der Waals surface area contributed by atoms with Crippen molar-refractivity contribution in [1.29, 1.82) is 0 Å². The Morgan fingerprint density at radius 3 is 2.70 bits per heavy atom. The van der Waals surface area contributed by atoms with E-state index in [-0.39, 0.29) is 17.1 Å². The molecule has 0 radical (unpaired) electrons. The van der Waals surface area contributed by atoms with Gasteiger partial charge in [-0.15, -0.1) is 0 Å². The first-order valence-electron chi connectivity index (χ1n) is 11.0. The van der Waals surface area contributed by atoms with E-state index < -0.39 is 5.97 Å². The highest BCUT2D eigenvalue weighted by Crippen LogP contribution is 2.51. The van der Waals surface area contributed by atoms with Gasteiger partial charge >= 0.3 is 5.97 Å². The van der Waals surface area contributed by atoms with Crippen molar-refractivity contribution in [2.75, 3.05) is 12.4 Å². The van der Waals surface area contributed by atoms with E-state index in [4.69, 9.17) is 9.47 Å². The number of nitrogens with zero attached hydrogens (tertiary/aromatic N) is 1. The van der Waals surface area contributed by atoms with E-state index in [2.05, 4.69) is 24.1 Å². The van der Waals surface area contributed by atoms with E-state index in [0.29, 0.717) is 17.9 Å². The molecule has 6 heteroatoms. The average Bonchev–Trinajstić information content (AvgIpc) is 2.76. The third-order valence-corrected chi connectivity index (χ3v) is 6.38. The number of esters is 1. The Morgan fingerprint density at radius 2 is 1.94 bits per heavy atom. The molecule has 0 saturated heterocycles. The molecule has 2 aromatic carbocycles. The first-order valence-corrected chi connectivity index (χ1v) is 11.0. The summed E-state index contributed by atoms with van der Waals surface area (Å²) in [5, 5.41) is 4.57. The lowest BCUT2D eigenvalue weighted by Gasteiger charge is -2.40. The number of methoxy groups -OCH3 is 1. The summed E-state index contributed by atoms with van der Waals surface area (Å²) in [4.78, 5) is 29.6. The second kappa shape index (κ2) is 7.73. The molecular formula is C27H26N2O4. The van der Waals surface area contributed by atoms with Crippen LogP contribution >= 0.6 is 0 Å². The number of anilines is 1. The van der Waals surface area contributed by atoms with Crippen LogP contribution in [-0.2, 0) is 9.59 Å². The zero-order chi connectivity index (χ0) is 23.3. The van der Waals surface area contributed by atoms with Crippen molar-refractivity contribution < 1.29 is 19.1 Å². The normalized spacial score (nSPS) is 18.9. The number of hydrogen-bond donors (Lipinski definition) is 1. The van der Waals surface area contributed by atoms with Gasteiger partial charge in [-0.05, 0) is 53.3 Å². The fourth-order valence-corrected chi connectivity index (χ4v) is 5.12. The lowest BCUT2D eigenvalue weighted by molar-refractivity contribution is -0.132. The van der Waals surface area contributed by atoms with Crippen LogP contribution in [-0.4, -0.2) is 23.8 Å². The number of nitrogens with one attached hydrogen (secondary N) is 1. The molecule has 168 valence electrons. The van der Waals surface area contributed by atoms with Crippen molar-refractivity contribution in [3.8, 4) is 11.5 Å². The first kappa shape index (κ1) is 21.2. The van der Waals surface area contributed by atoms with E-state index in [1.54, 1.807) is 19.4 Å². The number of fused-ring (bicyclic) bond motifs is 3. The van der Waals surface area contributed by atoms with E-state index in [0.717, 1.165) is 45.4 Å². The Bertz CT molecular complexity index is 1340. The Morgan fingerprint density at radius 1 is 1.12 bits per heavy atom. The van der Waals surface area contributed by atoms with Crippen molar-refractivity contribution in [2.24, 2.45) is 5.41 Å². The molecule has 33 heavy (non-hydrogen) atoms. The van der Waals surface area contributed by atoms with Gasteiger partial charge in [0, 0.05) is 47.8 Å². The van der Waals surface area contributed by atoms with Crippen LogP contribution in [0, 0.1) is 5.41 Å². The second-order valence-electron chi connectivity index (χ2n) is 9.49. The number of allylic oxidation sites excluding steroid dienone is 2.